The fourth-order valence-electron chi connectivity index (χ4n) is 7.85. The molecular weight excluding hydrogens is 673 g/mol. The summed E-state index contributed by atoms with van der Waals surface area (Å²) in [5.74, 6) is -1.27. The van der Waals surface area contributed by atoms with E-state index in [2.05, 4.69) is 24.3 Å². The van der Waals surface area contributed by atoms with Gasteiger partial charge in [0.2, 0.25) is 5.91 Å². The molecule has 7 nitrogen and oxygen atoms in total. The predicted octanol–water partition coefficient (Wildman–Crippen LogP) is 9.30. The van der Waals surface area contributed by atoms with Crippen molar-refractivity contribution >= 4 is 18.0 Å². The number of benzene rings is 5. The number of ether oxygens (including phenoxy) is 2. The molecule has 0 fully saturated rings. The highest BCUT2D eigenvalue weighted by molar-refractivity contribution is 5.90. The number of hydrogen-bond acceptors (Lipinski definition) is 5. The smallest absolute Gasteiger partial charge is 0.410 e. The molecule has 0 aromatic heterocycles. The lowest BCUT2D eigenvalue weighted by Crippen LogP contribution is -2.55. The third-order valence-electron chi connectivity index (χ3n) is 10.5. The number of hydrogen-bond donors (Lipinski definition) is 0. The number of nitrogens with zero attached hydrogens (tertiary/aromatic N) is 2. The van der Waals surface area contributed by atoms with Gasteiger partial charge < -0.3 is 14.4 Å². The summed E-state index contributed by atoms with van der Waals surface area (Å²) in [6.45, 7) is 7.95. The van der Waals surface area contributed by atoms with Gasteiger partial charge in [0.05, 0.1) is 0 Å². The summed E-state index contributed by atoms with van der Waals surface area (Å²) in [5.41, 5.74) is 5.53. The first-order chi connectivity index (χ1) is 26.0. The van der Waals surface area contributed by atoms with E-state index in [9.17, 15) is 14.4 Å². The highest BCUT2D eigenvalue weighted by atomic mass is 16.6. The number of amides is 2. The van der Waals surface area contributed by atoms with Crippen LogP contribution >= 0.6 is 0 Å². The van der Waals surface area contributed by atoms with Gasteiger partial charge in [-0.15, -0.1) is 0 Å². The Morgan fingerprint density at radius 3 is 1.46 bits per heavy atom. The van der Waals surface area contributed by atoms with Crippen molar-refractivity contribution in [2.24, 2.45) is 11.8 Å². The van der Waals surface area contributed by atoms with Crippen LogP contribution in [-0.4, -0.2) is 60.6 Å². The molecule has 278 valence electrons. The molecule has 0 heterocycles. The minimum absolute atomic E-state index is 0.0718. The Bertz CT molecular complexity index is 1900. The minimum atomic E-state index is -1.30. The second-order valence-electron chi connectivity index (χ2n) is 14.9. The van der Waals surface area contributed by atoms with E-state index in [0.29, 0.717) is 6.42 Å². The number of rotatable bonds is 13. The lowest BCUT2D eigenvalue weighted by Gasteiger charge is -2.40. The Kier molecular flexibility index (Phi) is 11.7. The van der Waals surface area contributed by atoms with Gasteiger partial charge in [0, 0.05) is 36.7 Å². The number of esters is 1. The van der Waals surface area contributed by atoms with Crippen LogP contribution < -0.4 is 0 Å². The molecule has 2 amide bonds. The van der Waals surface area contributed by atoms with Crippen molar-refractivity contribution in [2.75, 3.05) is 20.7 Å². The van der Waals surface area contributed by atoms with Gasteiger partial charge in [-0.25, -0.2) is 9.59 Å². The number of carbonyl (C=O) groups is 3. The second kappa shape index (κ2) is 16.5. The molecule has 54 heavy (non-hydrogen) atoms. The summed E-state index contributed by atoms with van der Waals surface area (Å²) in [5, 5.41) is 0. The molecule has 0 bridgehead atoms. The molecule has 6 rings (SSSR count). The van der Waals surface area contributed by atoms with Gasteiger partial charge in [0.25, 0.3) is 0 Å². The zero-order chi connectivity index (χ0) is 38.4. The maximum Gasteiger partial charge on any atom is 0.410 e. The molecule has 2 atom stereocenters. The van der Waals surface area contributed by atoms with Crippen molar-refractivity contribution in [2.45, 2.75) is 57.7 Å². The number of carbonyl (C=O) groups excluding carboxylic acids is 3. The molecule has 0 aliphatic heterocycles. The summed E-state index contributed by atoms with van der Waals surface area (Å²) in [7, 11) is 3.23. The summed E-state index contributed by atoms with van der Waals surface area (Å²) in [6, 6.07) is 43.6. The summed E-state index contributed by atoms with van der Waals surface area (Å²) < 4.78 is 12.8. The van der Waals surface area contributed by atoms with Gasteiger partial charge in [-0.2, -0.15) is 0 Å². The van der Waals surface area contributed by atoms with Crippen LogP contribution in [0.15, 0.2) is 140 Å². The second-order valence-corrected chi connectivity index (χ2v) is 14.9. The highest BCUT2D eigenvalue weighted by Crippen LogP contribution is 2.45. The van der Waals surface area contributed by atoms with Crippen LogP contribution in [0.3, 0.4) is 0 Å². The van der Waals surface area contributed by atoms with Crippen LogP contribution in [0.2, 0.25) is 0 Å². The lowest BCUT2D eigenvalue weighted by molar-refractivity contribution is -0.165. The first-order valence-electron chi connectivity index (χ1n) is 18.8. The van der Waals surface area contributed by atoms with Crippen molar-refractivity contribution in [3.05, 3.63) is 167 Å². The normalized spacial score (nSPS) is 13.5. The SMILES string of the molecule is CC(C)C[C@@H](C(=O)N(C)[C@H](C(=O)OC(c1ccccc1)(c1ccccc1)c1ccccc1)C(C)C)N(C)C(=O)OCC1c2ccccc2-c2ccccc21. The van der Waals surface area contributed by atoms with E-state index in [1.54, 1.807) is 14.1 Å². The number of likely N-dealkylation sites (N-methyl/N-ethyl adjacent to an activating group) is 2. The van der Waals surface area contributed by atoms with E-state index in [1.165, 1.54) is 9.80 Å². The largest absolute Gasteiger partial charge is 0.448 e. The number of fused-ring (bicyclic) bond motifs is 3. The Morgan fingerprint density at radius 1 is 0.611 bits per heavy atom. The molecule has 1 aliphatic rings. The average molecular weight is 723 g/mol. The Morgan fingerprint density at radius 2 is 1.04 bits per heavy atom. The van der Waals surface area contributed by atoms with Crippen molar-refractivity contribution in [3.8, 4) is 11.1 Å². The van der Waals surface area contributed by atoms with E-state index >= 15 is 0 Å². The topological polar surface area (TPSA) is 76.2 Å². The van der Waals surface area contributed by atoms with Crippen LogP contribution in [0.4, 0.5) is 4.79 Å². The van der Waals surface area contributed by atoms with Gasteiger partial charge in [0.15, 0.2) is 5.60 Å². The van der Waals surface area contributed by atoms with Crippen molar-refractivity contribution in [1.29, 1.82) is 0 Å². The summed E-state index contributed by atoms with van der Waals surface area (Å²) in [4.78, 5) is 46.0. The van der Waals surface area contributed by atoms with Crippen LogP contribution in [0.1, 0.15) is 67.9 Å². The van der Waals surface area contributed by atoms with E-state index in [4.69, 9.17) is 9.47 Å². The fourth-order valence-corrected chi connectivity index (χ4v) is 7.85. The first kappa shape index (κ1) is 38.0. The first-order valence-corrected chi connectivity index (χ1v) is 18.8. The maximum absolute atomic E-state index is 14.7. The Balaban J connectivity index is 1.27. The molecule has 0 unspecified atom stereocenters. The molecule has 7 heteroatoms. The van der Waals surface area contributed by atoms with E-state index in [1.807, 2.05) is 143 Å². The van der Waals surface area contributed by atoms with Gasteiger partial charge >= 0.3 is 12.1 Å². The van der Waals surface area contributed by atoms with Crippen molar-refractivity contribution in [3.63, 3.8) is 0 Å². The van der Waals surface area contributed by atoms with E-state index < -0.39 is 29.7 Å². The average Bonchev–Trinajstić information content (AvgIpc) is 3.51. The maximum atomic E-state index is 14.7. The molecule has 0 spiro atoms. The molecule has 5 aromatic rings. The predicted molar refractivity (Wildman–Crippen MR) is 213 cm³/mol. The standard InChI is InChI=1S/C47H50N2O5/c1-32(2)30-42(48(5)46(52)53-31-41-39-28-18-16-26-37(39)38-27-17-19-29-40(38)41)44(50)49(6)43(33(3)4)45(51)54-47(34-20-10-7-11-21-34,35-22-12-8-13-23-35)36-24-14-9-15-25-36/h7-29,32-33,41-43H,30-31H2,1-6H3/t42-,43-/m0/s1. The third-order valence-corrected chi connectivity index (χ3v) is 10.5. The quantitative estimate of drug-likeness (QED) is 0.0895. The van der Waals surface area contributed by atoms with Crippen LogP contribution in [0, 0.1) is 11.8 Å². The van der Waals surface area contributed by atoms with Gasteiger partial charge in [0.1, 0.15) is 18.7 Å². The van der Waals surface area contributed by atoms with Crippen molar-refractivity contribution < 1.29 is 23.9 Å². The third kappa shape index (κ3) is 7.54. The van der Waals surface area contributed by atoms with E-state index in [0.717, 1.165) is 38.9 Å². The monoisotopic (exact) mass is 722 g/mol. The zero-order valence-electron chi connectivity index (χ0n) is 32.0. The van der Waals surface area contributed by atoms with Crippen LogP contribution in [0.25, 0.3) is 11.1 Å². The molecule has 0 N–H and O–H groups in total. The molecule has 0 radical (unpaired) electrons. The molecule has 0 saturated carbocycles. The Labute approximate surface area is 319 Å². The van der Waals surface area contributed by atoms with Gasteiger partial charge in [-0.3, -0.25) is 9.69 Å². The Hall–Kier alpha value is -5.69. The lowest BCUT2D eigenvalue weighted by atomic mass is 9.80. The van der Waals surface area contributed by atoms with Gasteiger partial charge in [-0.05, 0) is 40.5 Å². The fraction of sp³-hybridized carbons (Fsp3) is 0.298. The minimum Gasteiger partial charge on any atom is -0.448 e. The van der Waals surface area contributed by atoms with Crippen LogP contribution in [-0.2, 0) is 24.7 Å². The molecule has 5 aromatic carbocycles. The highest BCUT2D eigenvalue weighted by Gasteiger charge is 2.45. The summed E-state index contributed by atoms with van der Waals surface area (Å²) in [6.07, 6.45) is -0.213. The van der Waals surface area contributed by atoms with E-state index in [-0.39, 0.29) is 30.3 Å². The van der Waals surface area contributed by atoms with Crippen molar-refractivity contribution in [1.82, 2.24) is 9.80 Å². The zero-order valence-corrected chi connectivity index (χ0v) is 32.0. The molecule has 1 aliphatic carbocycles. The summed E-state index contributed by atoms with van der Waals surface area (Å²) >= 11 is 0. The molecule has 0 saturated heterocycles. The van der Waals surface area contributed by atoms with Gasteiger partial charge in [-0.1, -0.05) is 167 Å². The van der Waals surface area contributed by atoms with Crippen LogP contribution in [0.5, 0.6) is 0 Å². The molecular formula is C47H50N2O5.